The number of Topliss-reactive ketones (excluding diaryl/α,β-unsaturated/α-hetero) is 1. The Balaban J connectivity index is 0.000000190. The van der Waals surface area contributed by atoms with Crippen molar-refractivity contribution in [2.45, 2.75) is 0 Å². The second-order valence-corrected chi connectivity index (χ2v) is 5.25. The number of carbonyl (C=O) groups excluding carboxylic acids is 3. The number of benzene rings is 3. The number of ether oxygens (including phenoxy) is 1. The molecule has 0 aliphatic heterocycles. The highest BCUT2D eigenvalue weighted by Crippen LogP contribution is 2.08. The lowest BCUT2D eigenvalue weighted by atomic mass is 10.0. The van der Waals surface area contributed by atoms with Crippen LogP contribution in [0.4, 0.5) is 0 Å². The monoisotopic (exact) mass is 346 g/mol. The van der Waals surface area contributed by atoms with Crippen molar-refractivity contribution in [3.63, 3.8) is 0 Å². The number of rotatable bonds is 4. The molecule has 0 aromatic heterocycles. The van der Waals surface area contributed by atoms with Crippen LogP contribution in [0, 0.1) is 0 Å². The van der Waals surface area contributed by atoms with E-state index in [0.717, 1.165) is 11.1 Å². The van der Waals surface area contributed by atoms with Gasteiger partial charge in [-0.1, -0.05) is 91.0 Å². The molecule has 130 valence electrons. The summed E-state index contributed by atoms with van der Waals surface area (Å²) in [4.78, 5) is 33.7. The third-order valence-electron chi connectivity index (χ3n) is 3.48. The Hall–Kier alpha value is -3.53. The minimum atomic E-state index is -0.832. The van der Waals surface area contributed by atoms with E-state index in [-0.39, 0.29) is 5.78 Å². The van der Waals surface area contributed by atoms with Crippen LogP contribution in [-0.2, 0) is 9.53 Å². The van der Waals surface area contributed by atoms with Gasteiger partial charge in [0.15, 0.2) is 5.78 Å². The summed E-state index contributed by atoms with van der Waals surface area (Å²) >= 11 is 0. The van der Waals surface area contributed by atoms with Crippen LogP contribution in [-0.4, -0.2) is 24.6 Å². The zero-order valence-corrected chi connectivity index (χ0v) is 14.3. The Bertz CT molecular complexity index is 815. The summed E-state index contributed by atoms with van der Waals surface area (Å²) in [5, 5.41) is 0. The molecule has 0 radical (unpaired) electrons. The van der Waals surface area contributed by atoms with Gasteiger partial charge < -0.3 is 4.74 Å². The van der Waals surface area contributed by atoms with E-state index in [9.17, 15) is 14.4 Å². The van der Waals surface area contributed by atoms with Gasteiger partial charge in [-0.15, -0.1) is 0 Å². The molecule has 0 saturated heterocycles. The average molecular weight is 346 g/mol. The minimum Gasteiger partial charge on any atom is -0.463 e. The van der Waals surface area contributed by atoms with Crippen molar-refractivity contribution in [3.05, 3.63) is 108 Å². The van der Waals surface area contributed by atoms with Gasteiger partial charge >= 0.3 is 5.97 Å². The molecule has 0 N–H and O–H groups in total. The number of methoxy groups -OCH3 is 1. The molecular formula is C22H18O4. The highest BCUT2D eigenvalue weighted by molar-refractivity contribution is 6.40. The van der Waals surface area contributed by atoms with Gasteiger partial charge in [-0.2, -0.15) is 0 Å². The molecule has 0 fully saturated rings. The summed E-state index contributed by atoms with van der Waals surface area (Å²) in [5.74, 6) is -1.37. The van der Waals surface area contributed by atoms with Gasteiger partial charge in [-0.05, 0) is 0 Å². The van der Waals surface area contributed by atoms with Crippen LogP contribution in [0.15, 0.2) is 91.0 Å². The predicted molar refractivity (Wildman–Crippen MR) is 99.1 cm³/mol. The number of hydrogen-bond donors (Lipinski definition) is 0. The molecule has 0 amide bonds. The molecule has 0 unspecified atom stereocenters. The molecule has 0 bridgehead atoms. The van der Waals surface area contributed by atoms with Crippen molar-refractivity contribution in [3.8, 4) is 0 Å². The minimum absolute atomic E-state index is 0.0752. The lowest BCUT2D eigenvalue weighted by Crippen LogP contribution is -2.15. The fourth-order valence-corrected chi connectivity index (χ4v) is 2.15. The second kappa shape index (κ2) is 9.69. The molecule has 0 saturated carbocycles. The van der Waals surface area contributed by atoms with E-state index in [1.165, 1.54) is 7.11 Å². The van der Waals surface area contributed by atoms with E-state index in [4.69, 9.17) is 0 Å². The highest BCUT2D eigenvalue weighted by atomic mass is 16.5. The quantitative estimate of drug-likeness (QED) is 0.408. The third kappa shape index (κ3) is 5.24. The van der Waals surface area contributed by atoms with Crippen LogP contribution in [0.5, 0.6) is 0 Å². The van der Waals surface area contributed by atoms with Gasteiger partial charge in [0.05, 0.1) is 7.11 Å². The Morgan fingerprint density at radius 2 is 0.923 bits per heavy atom. The third-order valence-corrected chi connectivity index (χ3v) is 3.48. The maximum atomic E-state index is 11.8. The molecule has 4 heteroatoms. The number of esters is 1. The fourth-order valence-electron chi connectivity index (χ4n) is 2.15. The maximum Gasteiger partial charge on any atom is 0.379 e. The van der Waals surface area contributed by atoms with E-state index in [1.54, 1.807) is 30.3 Å². The van der Waals surface area contributed by atoms with E-state index in [0.29, 0.717) is 5.56 Å². The first-order chi connectivity index (χ1) is 12.6. The zero-order valence-electron chi connectivity index (χ0n) is 14.3. The molecule has 3 aromatic rings. The molecular weight excluding hydrogens is 328 g/mol. The van der Waals surface area contributed by atoms with Crippen LogP contribution in [0.25, 0.3) is 0 Å². The predicted octanol–water partition coefficient (Wildman–Crippen LogP) is 3.96. The average Bonchev–Trinajstić information content (AvgIpc) is 2.74. The normalized spacial score (nSPS) is 9.42. The highest BCUT2D eigenvalue weighted by Gasteiger charge is 2.15. The number of hydrogen-bond acceptors (Lipinski definition) is 4. The van der Waals surface area contributed by atoms with Gasteiger partial charge in [-0.3, -0.25) is 9.59 Å². The van der Waals surface area contributed by atoms with E-state index < -0.39 is 11.8 Å². The topological polar surface area (TPSA) is 60.4 Å². The lowest BCUT2D eigenvalue weighted by molar-refractivity contribution is -0.135. The van der Waals surface area contributed by atoms with Crippen molar-refractivity contribution in [1.82, 2.24) is 0 Å². The van der Waals surface area contributed by atoms with Crippen molar-refractivity contribution < 1.29 is 19.1 Å². The molecule has 0 aliphatic rings. The first-order valence-electron chi connectivity index (χ1n) is 7.96. The first-order valence-corrected chi connectivity index (χ1v) is 7.96. The van der Waals surface area contributed by atoms with Crippen LogP contribution in [0.2, 0.25) is 0 Å². The van der Waals surface area contributed by atoms with Crippen molar-refractivity contribution in [1.29, 1.82) is 0 Å². The van der Waals surface area contributed by atoms with Gasteiger partial charge in [0.25, 0.3) is 5.78 Å². The van der Waals surface area contributed by atoms with E-state index >= 15 is 0 Å². The summed E-state index contributed by atoms with van der Waals surface area (Å²) in [6.07, 6.45) is 0. The molecule has 0 heterocycles. The Kier molecular flexibility index (Phi) is 7.01. The first kappa shape index (κ1) is 18.8. The molecule has 4 nitrogen and oxygen atoms in total. The van der Waals surface area contributed by atoms with Crippen molar-refractivity contribution in [2.75, 3.05) is 7.11 Å². The molecule has 0 spiro atoms. The summed E-state index contributed by atoms with van der Waals surface area (Å²) in [6, 6.07) is 26.9. The Labute approximate surface area is 152 Å². The largest absolute Gasteiger partial charge is 0.463 e. The van der Waals surface area contributed by atoms with Crippen molar-refractivity contribution >= 4 is 17.5 Å². The number of ketones is 2. The van der Waals surface area contributed by atoms with E-state index in [2.05, 4.69) is 4.74 Å². The second-order valence-electron chi connectivity index (χ2n) is 5.25. The summed E-state index contributed by atoms with van der Waals surface area (Å²) in [6.45, 7) is 0. The van der Waals surface area contributed by atoms with Gasteiger partial charge in [-0.25, -0.2) is 4.79 Å². The van der Waals surface area contributed by atoms with Crippen LogP contribution in [0.3, 0.4) is 0 Å². The lowest BCUT2D eigenvalue weighted by Gasteiger charge is -1.99. The SMILES string of the molecule is COC(=O)C(=O)c1ccccc1.O=C(c1ccccc1)c1ccccc1. The fraction of sp³-hybridized carbons (Fsp3) is 0.0455. The smallest absolute Gasteiger partial charge is 0.379 e. The van der Waals surface area contributed by atoms with Gasteiger partial charge in [0.2, 0.25) is 0 Å². The standard InChI is InChI=1S/C13H10O.C9H8O3/c14-13(11-7-3-1-4-8-11)12-9-5-2-6-10-12;1-12-9(11)8(10)7-5-3-2-4-6-7/h1-10H;2-6H,1H3. The molecule has 0 aliphatic carbocycles. The maximum absolute atomic E-state index is 11.8. The van der Waals surface area contributed by atoms with Crippen LogP contribution >= 0.6 is 0 Å². The van der Waals surface area contributed by atoms with Crippen molar-refractivity contribution in [2.24, 2.45) is 0 Å². The number of carbonyl (C=O) groups is 3. The zero-order chi connectivity index (χ0) is 18.8. The summed E-state index contributed by atoms with van der Waals surface area (Å²) < 4.78 is 4.28. The van der Waals surface area contributed by atoms with E-state index in [1.807, 2.05) is 60.7 Å². The van der Waals surface area contributed by atoms with Gasteiger partial charge in [0.1, 0.15) is 0 Å². The van der Waals surface area contributed by atoms with Crippen LogP contribution in [0.1, 0.15) is 26.3 Å². The molecule has 26 heavy (non-hydrogen) atoms. The summed E-state index contributed by atoms with van der Waals surface area (Å²) in [7, 11) is 1.18. The Morgan fingerprint density at radius 3 is 1.27 bits per heavy atom. The molecule has 3 aromatic carbocycles. The summed E-state index contributed by atoms with van der Waals surface area (Å²) in [5.41, 5.74) is 1.82. The Morgan fingerprint density at radius 1 is 0.577 bits per heavy atom. The molecule has 0 atom stereocenters. The van der Waals surface area contributed by atoms with Crippen LogP contribution < -0.4 is 0 Å². The van der Waals surface area contributed by atoms with Gasteiger partial charge in [0, 0.05) is 16.7 Å². The molecule has 3 rings (SSSR count).